The van der Waals surface area contributed by atoms with Crippen LogP contribution < -0.4 is 0 Å². The third-order valence-corrected chi connectivity index (χ3v) is 18.9. The highest BCUT2D eigenvalue weighted by Crippen LogP contribution is 2.39. The lowest BCUT2D eigenvalue weighted by molar-refractivity contribution is -0.401. The van der Waals surface area contributed by atoms with Crippen molar-refractivity contribution in [2.24, 2.45) is 0 Å². The van der Waals surface area contributed by atoms with Crippen molar-refractivity contribution in [1.82, 2.24) is 0 Å². The number of thioether (sulfide) groups is 2. The highest BCUT2D eigenvalue weighted by molar-refractivity contribution is 7.99. The number of hydrogen-bond donors (Lipinski definition) is 16. The number of aliphatic hydroxyl groups excluding tert-OH is 16. The molecule has 0 unspecified atom stereocenters. The lowest BCUT2D eigenvalue weighted by Gasteiger charge is -2.51. The molecule has 22 aliphatic heterocycles. The van der Waals surface area contributed by atoms with Gasteiger partial charge in [-0.1, -0.05) is 90.9 Å². The molecular formula is C54H96O28S2. The molecule has 22 fully saturated rings. The quantitative estimate of drug-likeness (QED) is 0.0409. The number of ether oxygens (including phenoxy) is 12. The fourth-order valence-corrected chi connectivity index (χ4v) is 13.8. The van der Waals surface area contributed by atoms with Crippen LogP contribution in [0, 0.1) is 0 Å². The van der Waals surface area contributed by atoms with E-state index in [-0.39, 0.29) is 11.5 Å². The maximum Gasteiger partial charge on any atom is 0.187 e. The summed E-state index contributed by atoms with van der Waals surface area (Å²) >= 11 is 2.78. The van der Waals surface area contributed by atoms with Crippen LogP contribution in [0.2, 0.25) is 0 Å². The number of rotatable bonds is 24. The van der Waals surface area contributed by atoms with Crippen molar-refractivity contribution in [2.45, 2.75) is 288 Å². The minimum absolute atomic E-state index is 0.0496. The topological polar surface area (TPSA) is 434 Å². The smallest absolute Gasteiger partial charge is 0.187 e. The minimum Gasteiger partial charge on any atom is -0.394 e. The van der Waals surface area contributed by atoms with Gasteiger partial charge in [0.05, 0.1) is 38.6 Å². The Balaban J connectivity index is 1.17. The summed E-state index contributed by atoms with van der Waals surface area (Å²) in [5.74, 6) is 1.33. The van der Waals surface area contributed by atoms with Crippen LogP contribution in [0.15, 0.2) is 0 Å². The van der Waals surface area contributed by atoms with Crippen molar-refractivity contribution >= 4 is 23.5 Å². The van der Waals surface area contributed by atoms with Crippen molar-refractivity contribution in [3.8, 4) is 0 Å². The first kappa shape index (κ1) is 71.0. The molecule has 84 heavy (non-hydrogen) atoms. The third kappa shape index (κ3) is 17.6. The number of hydrogen-bond acceptors (Lipinski definition) is 30. The molecule has 0 amide bonds. The normalized spacial score (nSPS) is 46.1. The van der Waals surface area contributed by atoms with Crippen LogP contribution in [0.25, 0.3) is 0 Å². The van der Waals surface area contributed by atoms with Gasteiger partial charge in [-0.05, 0) is 24.3 Å². The monoisotopic (exact) mass is 1260 g/mol. The van der Waals surface area contributed by atoms with Crippen LogP contribution in [0.4, 0.5) is 0 Å². The molecular weight excluding hydrogens is 1160 g/mol. The fraction of sp³-hybridized carbons (Fsp3) is 1.00. The number of unbranched alkanes of at least 4 members (excludes halogenated alkanes) is 12. The van der Waals surface area contributed by atoms with E-state index in [1.165, 1.54) is 23.5 Å². The Hall–Kier alpha value is -0.420. The molecule has 30 heteroatoms. The molecule has 22 aliphatic rings. The molecule has 30 atom stereocenters. The SMILES string of the molecule is CCCCCCCCCSC[C@H]1O[C@@H]2O[C@H]3[C@H](O)[C@@H](O)[C@@H](O[C@H]4[C@H](O)[C@@H](O)[C@@H](O[C@H]5[C@H](O)[C@@H](O)[C@@H](O[C@H]6[C@H](O)[C@@H](O)[C@@H](O[C@H]7[C@H](O)[C@@H](O)[C@@H](O[C@H]1[C@H](O)[C@H]2O)O[C@@H]7CO)O[C@@H]6CO)O[C@@H]5CSCCCCCCCCC)O[C@@H]4CO)O[C@@H]3CO. The van der Waals surface area contributed by atoms with Gasteiger partial charge in [-0.15, -0.1) is 0 Å². The molecule has 16 N–H and O–H groups in total. The second-order valence-electron chi connectivity index (χ2n) is 22.9. The first-order valence-corrected chi connectivity index (χ1v) is 32.3. The van der Waals surface area contributed by atoms with Gasteiger partial charge in [-0.3, -0.25) is 0 Å². The summed E-state index contributed by atoms with van der Waals surface area (Å²) in [6, 6.07) is 0. The molecule has 22 saturated heterocycles. The molecule has 0 aromatic heterocycles. The van der Waals surface area contributed by atoms with Gasteiger partial charge in [0.2, 0.25) is 0 Å². The van der Waals surface area contributed by atoms with E-state index in [1.54, 1.807) is 0 Å². The van der Waals surface area contributed by atoms with E-state index in [2.05, 4.69) is 13.8 Å². The van der Waals surface area contributed by atoms with Crippen molar-refractivity contribution < 1.29 is 139 Å². The zero-order valence-electron chi connectivity index (χ0n) is 47.7. The van der Waals surface area contributed by atoms with Gasteiger partial charge >= 0.3 is 0 Å². The molecule has 28 nitrogen and oxygen atoms in total. The Kier molecular flexibility index (Phi) is 29.5. The molecule has 12 bridgehead atoms. The summed E-state index contributed by atoms with van der Waals surface area (Å²) in [5.41, 5.74) is 0. The molecule has 0 aromatic rings. The molecule has 22 heterocycles. The van der Waals surface area contributed by atoms with Gasteiger partial charge in [0.25, 0.3) is 0 Å². The minimum atomic E-state index is -2.08. The van der Waals surface area contributed by atoms with Crippen LogP contribution in [-0.4, -0.2) is 315 Å². The van der Waals surface area contributed by atoms with E-state index in [0.717, 1.165) is 89.9 Å². The maximum atomic E-state index is 11.8. The van der Waals surface area contributed by atoms with Gasteiger partial charge < -0.3 is 139 Å². The van der Waals surface area contributed by atoms with E-state index >= 15 is 0 Å². The van der Waals surface area contributed by atoms with Crippen molar-refractivity contribution in [3.63, 3.8) is 0 Å². The largest absolute Gasteiger partial charge is 0.394 e. The number of aliphatic hydroxyl groups is 16. The Bertz CT molecular complexity index is 1710. The van der Waals surface area contributed by atoms with E-state index in [0.29, 0.717) is 11.5 Å². The average molecular weight is 1260 g/mol. The second kappa shape index (κ2) is 34.8. The third-order valence-electron chi connectivity index (χ3n) is 16.7. The summed E-state index contributed by atoms with van der Waals surface area (Å²) in [4.78, 5) is 0. The van der Waals surface area contributed by atoms with Crippen LogP contribution in [0.3, 0.4) is 0 Å². The van der Waals surface area contributed by atoms with Crippen LogP contribution >= 0.6 is 23.5 Å². The van der Waals surface area contributed by atoms with Crippen LogP contribution in [-0.2, 0) is 56.8 Å². The molecule has 0 radical (unpaired) electrons. The highest BCUT2D eigenvalue weighted by atomic mass is 32.2. The van der Waals surface area contributed by atoms with E-state index in [4.69, 9.17) is 56.8 Å². The van der Waals surface area contributed by atoms with Gasteiger partial charge in [0.1, 0.15) is 134 Å². The Labute approximate surface area is 497 Å². The Morgan fingerprint density at radius 1 is 0.238 bits per heavy atom. The molecule has 0 aromatic carbocycles. The lowest BCUT2D eigenvalue weighted by atomic mass is 9.95. The molecule has 492 valence electrons. The summed E-state index contributed by atoms with van der Waals surface area (Å²) in [7, 11) is 0. The van der Waals surface area contributed by atoms with Gasteiger partial charge in [-0.2, -0.15) is 23.5 Å². The maximum absolute atomic E-state index is 11.8. The highest BCUT2D eigenvalue weighted by Gasteiger charge is 2.59. The average Bonchev–Trinajstić information content (AvgIpc) is 3.21. The fourth-order valence-electron chi connectivity index (χ4n) is 11.6. The second-order valence-corrected chi connectivity index (χ2v) is 25.2. The predicted octanol–water partition coefficient (Wildman–Crippen LogP) is -4.07. The van der Waals surface area contributed by atoms with Crippen LogP contribution in [0.5, 0.6) is 0 Å². The van der Waals surface area contributed by atoms with Gasteiger partial charge in [-0.25, -0.2) is 0 Å². The van der Waals surface area contributed by atoms with Crippen LogP contribution in [0.1, 0.15) is 104 Å². The molecule has 0 saturated carbocycles. The molecule has 0 spiro atoms. The first-order valence-electron chi connectivity index (χ1n) is 30.0. The Morgan fingerprint density at radius 2 is 0.429 bits per heavy atom. The first-order chi connectivity index (χ1) is 40.4. The predicted molar refractivity (Wildman–Crippen MR) is 292 cm³/mol. The summed E-state index contributed by atoms with van der Waals surface area (Å²) in [6.45, 7) is 0.546. The van der Waals surface area contributed by atoms with Gasteiger partial charge in [0.15, 0.2) is 37.7 Å². The van der Waals surface area contributed by atoms with Gasteiger partial charge in [0, 0.05) is 11.5 Å². The summed E-state index contributed by atoms with van der Waals surface area (Å²) in [5, 5.41) is 182. The Morgan fingerprint density at radius 3 is 0.643 bits per heavy atom. The standard InChI is InChI=1S/C54H96O28S2/c1-3-5-7-9-11-13-15-17-83-23-29-47-35(63)41(69)53(75-29)79-45-27(21-57)71-49(37(65)31(45)59)78-44-26(20-56)74-52(40(68)34(44)62)82-48-30(24-84-18-16-14-12-10-8-6-4-2)76-54(42(70)36(48)64)80-46-28(22-58)72-50(38(66)32(46)60)77-43-25(19-55)73-51(81-47)39(67)33(43)61/h25-70H,3-24H2,1-2H3/t25-,26-,27-,28-,29-,30-,31-,32-,33-,34-,35-,36-,37-,38-,39-,40-,41-,42-,43-,44-,45-,46-,47-,48-,49-,50-,51-,52-,53-,54-/m1/s1. The zero-order valence-corrected chi connectivity index (χ0v) is 49.4. The van der Waals surface area contributed by atoms with Crippen molar-refractivity contribution in [1.29, 1.82) is 0 Å². The van der Waals surface area contributed by atoms with E-state index in [1.807, 2.05) is 0 Å². The zero-order chi connectivity index (χ0) is 60.8. The van der Waals surface area contributed by atoms with E-state index in [9.17, 15) is 81.7 Å². The van der Waals surface area contributed by atoms with E-state index < -0.39 is 211 Å². The summed E-state index contributed by atoms with van der Waals surface area (Å²) < 4.78 is 72.2. The van der Waals surface area contributed by atoms with Crippen molar-refractivity contribution in [3.05, 3.63) is 0 Å². The lowest BCUT2D eigenvalue weighted by Crippen LogP contribution is -2.69. The molecule has 0 aliphatic carbocycles. The molecule has 22 rings (SSSR count). The summed E-state index contributed by atoms with van der Waals surface area (Å²) in [6.07, 6.45) is -40.4. The van der Waals surface area contributed by atoms with Crippen molar-refractivity contribution in [2.75, 3.05) is 49.4 Å².